The van der Waals surface area contributed by atoms with Crippen LogP contribution in [0.15, 0.2) is 0 Å². The Morgan fingerprint density at radius 3 is 2.50 bits per heavy atom. The minimum absolute atomic E-state index is 0.0707. The predicted octanol–water partition coefficient (Wildman–Crippen LogP) is 0.945. The van der Waals surface area contributed by atoms with Crippen LogP contribution in [0.3, 0.4) is 0 Å². The molecule has 2 N–H and O–H groups in total. The largest absolute Gasteiger partial charge is 0.378 e. The summed E-state index contributed by atoms with van der Waals surface area (Å²) in [7, 11) is -3.20. The molecule has 108 valence electrons. The molecule has 0 aromatic rings. The summed E-state index contributed by atoms with van der Waals surface area (Å²) in [5, 5.41) is 0. The van der Waals surface area contributed by atoms with Crippen molar-refractivity contribution in [2.24, 2.45) is 5.73 Å². The number of nitrogens with zero attached hydrogens (tertiary/aromatic N) is 1. The zero-order valence-corrected chi connectivity index (χ0v) is 12.3. The van der Waals surface area contributed by atoms with E-state index in [1.807, 2.05) is 13.8 Å². The number of ether oxygens (including phenoxy) is 1. The van der Waals surface area contributed by atoms with Gasteiger partial charge in [-0.3, -0.25) is 0 Å². The molecule has 18 heavy (non-hydrogen) atoms. The number of sulfonamides is 1. The molecule has 0 saturated heterocycles. The first-order chi connectivity index (χ1) is 8.47. The van der Waals surface area contributed by atoms with Crippen molar-refractivity contribution in [2.75, 3.05) is 25.4 Å². The number of hydrogen-bond acceptors (Lipinski definition) is 4. The van der Waals surface area contributed by atoms with E-state index in [2.05, 4.69) is 0 Å². The average molecular weight is 278 g/mol. The fraction of sp³-hybridized carbons (Fsp3) is 1.00. The van der Waals surface area contributed by atoms with E-state index in [0.29, 0.717) is 13.1 Å². The third kappa shape index (κ3) is 4.84. The molecule has 1 aliphatic rings. The first-order valence-corrected chi connectivity index (χ1v) is 8.39. The molecular weight excluding hydrogens is 252 g/mol. The first-order valence-electron chi connectivity index (χ1n) is 6.78. The van der Waals surface area contributed by atoms with Crippen molar-refractivity contribution >= 4 is 10.0 Å². The summed E-state index contributed by atoms with van der Waals surface area (Å²) in [6.07, 6.45) is 3.88. The van der Waals surface area contributed by atoms with Gasteiger partial charge in [-0.2, -0.15) is 4.31 Å². The fourth-order valence-electron chi connectivity index (χ4n) is 1.98. The van der Waals surface area contributed by atoms with Crippen molar-refractivity contribution in [3.05, 3.63) is 0 Å². The van der Waals surface area contributed by atoms with Gasteiger partial charge < -0.3 is 10.5 Å². The summed E-state index contributed by atoms with van der Waals surface area (Å²) in [6.45, 7) is 5.16. The lowest BCUT2D eigenvalue weighted by Crippen LogP contribution is -2.46. The van der Waals surface area contributed by atoms with Gasteiger partial charge in [0.1, 0.15) is 0 Å². The SMILES string of the molecule is CC(C)OCCS(=O)(=O)N(CCCN)C1CCC1. The van der Waals surface area contributed by atoms with Gasteiger partial charge in [0.15, 0.2) is 0 Å². The van der Waals surface area contributed by atoms with E-state index in [1.165, 1.54) is 0 Å². The molecule has 0 aliphatic heterocycles. The smallest absolute Gasteiger partial charge is 0.216 e. The van der Waals surface area contributed by atoms with Crippen molar-refractivity contribution in [2.45, 2.75) is 51.7 Å². The van der Waals surface area contributed by atoms with Crippen LogP contribution < -0.4 is 5.73 Å². The molecule has 1 rings (SSSR count). The van der Waals surface area contributed by atoms with Gasteiger partial charge in [-0.05, 0) is 39.7 Å². The minimum atomic E-state index is -3.20. The summed E-state index contributed by atoms with van der Waals surface area (Å²) in [4.78, 5) is 0. The summed E-state index contributed by atoms with van der Waals surface area (Å²) < 4.78 is 31.5. The Kier molecular flexibility index (Phi) is 6.55. The molecule has 0 aromatic heterocycles. The van der Waals surface area contributed by atoms with Crippen molar-refractivity contribution in [1.29, 1.82) is 0 Å². The lowest BCUT2D eigenvalue weighted by Gasteiger charge is -2.36. The van der Waals surface area contributed by atoms with Crippen LogP contribution in [0.5, 0.6) is 0 Å². The van der Waals surface area contributed by atoms with Crippen LogP contribution in [0.1, 0.15) is 39.5 Å². The molecule has 0 radical (unpaired) electrons. The number of rotatable bonds is 9. The molecule has 6 heteroatoms. The molecule has 0 heterocycles. The van der Waals surface area contributed by atoms with E-state index in [4.69, 9.17) is 10.5 Å². The average Bonchev–Trinajstić information content (AvgIpc) is 2.20. The van der Waals surface area contributed by atoms with Gasteiger partial charge in [-0.25, -0.2) is 8.42 Å². The van der Waals surface area contributed by atoms with Crippen LogP contribution in [0, 0.1) is 0 Å². The molecule has 0 amide bonds. The normalized spacial score (nSPS) is 17.4. The Bertz CT molecular complexity index is 326. The van der Waals surface area contributed by atoms with Gasteiger partial charge in [0.25, 0.3) is 0 Å². The summed E-state index contributed by atoms with van der Waals surface area (Å²) >= 11 is 0. The second kappa shape index (κ2) is 7.43. The lowest BCUT2D eigenvalue weighted by atomic mass is 9.93. The second-order valence-electron chi connectivity index (χ2n) is 5.07. The number of nitrogens with two attached hydrogens (primary N) is 1. The van der Waals surface area contributed by atoms with Crippen molar-refractivity contribution in [3.8, 4) is 0 Å². The zero-order valence-electron chi connectivity index (χ0n) is 11.5. The zero-order chi connectivity index (χ0) is 13.6. The monoisotopic (exact) mass is 278 g/mol. The van der Waals surface area contributed by atoms with Crippen molar-refractivity contribution in [3.63, 3.8) is 0 Å². The maximum absolute atomic E-state index is 12.3. The molecule has 0 atom stereocenters. The Hall–Kier alpha value is -0.170. The van der Waals surface area contributed by atoms with E-state index >= 15 is 0 Å². The maximum Gasteiger partial charge on any atom is 0.216 e. The molecular formula is C12H26N2O3S. The van der Waals surface area contributed by atoms with Crippen LogP contribution in [0.4, 0.5) is 0 Å². The van der Waals surface area contributed by atoms with Crippen molar-refractivity contribution < 1.29 is 13.2 Å². The first kappa shape index (κ1) is 15.9. The molecule has 0 aromatic carbocycles. The van der Waals surface area contributed by atoms with Gasteiger partial charge in [-0.15, -0.1) is 0 Å². The molecule has 5 nitrogen and oxygen atoms in total. The molecule has 1 aliphatic carbocycles. The van der Waals surface area contributed by atoms with Crippen molar-refractivity contribution in [1.82, 2.24) is 4.31 Å². The Labute approximate surface area is 111 Å². The second-order valence-corrected chi connectivity index (χ2v) is 7.11. The molecule has 0 bridgehead atoms. The highest BCUT2D eigenvalue weighted by Gasteiger charge is 2.32. The van der Waals surface area contributed by atoms with E-state index in [-0.39, 0.29) is 24.5 Å². The van der Waals surface area contributed by atoms with Gasteiger partial charge in [0, 0.05) is 12.6 Å². The highest BCUT2D eigenvalue weighted by atomic mass is 32.2. The highest BCUT2D eigenvalue weighted by Crippen LogP contribution is 2.27. The minimum Gasteiger partial charge on any atom is -0.378 e. The summed E-state index contributed by atoms with van der Waals surface area (Å²) in [5.74, 6) is 0.0756. The van der Waals surface area contributed by atoms with Gasteiger partial charge in [-0.1, -0.05) is 6.42 Å². The van der Waals surface area contributed by atoms with Gasteiger partial charge >= 0.3 is 0 Å². The Morgan fingerprint density at radius 2 is 2.06 bits per heavy atom. The summed E-state index contributed by atoms with van der Waals surface area (Å²) in [6, 6.07) is 0.195. The molecule has 1 saturated carbocycles. The lowest BCUT2D eigenvalue weighted by molar-refractivity contribution is 0.0901. The third-order valence-electron chi connectivity index (χ3n) is 3.21. The third-order valence-corrected chi connectivity index (χ3v) is 5.09. The van der Waals surface area contributed by atoms with Crippen LogP contribution in [-0.4, -0.2) is 50.3 Å². The van der Waals surface area contributed by atoms with Gasteiger partial charge in [0.2, 0.25) is 10.0 Å². The molecule has 1 fully saturated rings. The summed E-state index contributed by atoms with van der Waals surface area (Å²) in [5.41, 5.74) is 5.47. The fourth-order valence-corrected chi connectivity index (χ4v) is 3.59. The van der Waals surface area contributed by atoms with E-state index in [1.54, 1.807) is 4.31 Å². The van der Waals surface area contributed by atoms with Crippen LogP contribution in [0.25, 0.3) is 0 Å². The number of hydrogen-bond donors (Lipinski definition) is 1. The van der Waals surface area contributed by atoms with E-state index in [9.17, 15) is 8.42 Å². The molecule has 0 unspecified atom stereocenters. The van der Waals surface area contributed by atoms with E-state index in [0.717, 1.165) is 25.7 Å². The predicted molar refractivity (Wildman–Crippen MR) is 72.9 cm³/mol. The Morgan fingerprint density at radius 1 is 1.39 bits per heavy atom. The topological polar surface area (TPSA) is 72.6 Å². The van der Waals surface area contributed by atoms with Crippen LogP contribution in [-0.2, 0) is 14.8 Å². The Balaban J connectivity index is 2.52. The van der Waals surface area contributed by atoms with Crippen LogP contribution in [0.2, 0.25) is 0 Å². The highest BCUT2D eigenvalue weighted by molar-refractivity contribution is 7.89. The molecule has 0 spiro atoms. The van der Waals surface area contributed by atoms with Gasteiger partial charge in [0.05, 0.1) is 18.5 Å². The maximum atomic E-state index is 12.3. The van der Waals surface area contributed by atoms with E-state index < -0.39 is 10.0 Å². The quantitative estimate of drug-likeness (QED) is 0.681. The standard InChI is InChI=1S/C12H26N2O3S/c1-11(2)17-9-10-18(15,16)14(8-4-7-13)12-5-3-6-12/h11-12H,3-10,13H2,1-2H3. The van der Waals surface area contributed by atoms with Crippen LogP contribution >= 0.6 is 0 Å².